The Morgan fingerprint density at radius 2 is 1.92 bits per heavy atom. The fourth-order valence-corrected chi connectivity index (χ4v) is 7.89. The number of aryl methyl sites for hydroxylation is 1. The van der Waals surface area contributed by atoms with Crippen molar-refractivity contribution in [3.8, 4) is 11.4 Å². The summed E-state index contributed by atoms with van der Waals surface area (Å²) in [5, 5.41) is 1.07. The van der Waals surface area contributed by atoms with Crippen LogP contribution in [0.4, 0.5) is 4.39 Å². The number of hydrogen-bond donors (Lipinski definition) is 0. The number of ether oxygens (including phenoxy) is 1. The fraction of sp³-hybridized carbons (Fsp3) is 0.455. The van der Waals surface area contributed by atoms with E-state index in [0.29, 0.717) is 24.2 Å². The van der Waals surface area contributed by atoms with Gasteiger partial charge in [0.05, 0.1) is 35.6 Å². The lowest BCUT2D eigenvalue weighted by molar-refractivity contribution is 0.0890. The Morgan fingerprint density at radius 1 is 1.10 bits per heavy atom. The number of likely N-dealkylation sites (tertiary alicyclic amines) is 1. The highest BCUT2D eigenvalue weighted by atomic mass is 19.1. The minimum Gasteiger partial charge on any atom is -0.372 e. The molecule has 0 amide bonds. The van der Waals surface area contributed by atoms with Crippen LogP contribution < -0.4 is 5.56 Å². The fourth-order valence-electron chi connectivity index (χ4n) is 7.89. The van der Waals surface area contributed by atoms with Crippen molar-refractivity contribution in [2.45, 2.75) is 83.9 Å². The summed E-state index contributed by atoms with van der Waals surface area (Å²) in [6, 6.07) is 3.88. The number of aromatic nitrogens is 2. The second kappa shape index (κ2) is 8.88. The first kappa shape index (κ1) is 24.8. The van der Waals surface area contributed by atoms with Crippen LogP contribution in [-0.2, 0) is 24.1 Å². The van der Waals surface area contributed by atoms with Crippen molar-refractivity contribution in [3.63, 3.8) is 0 Å². The molecule has 3 atom stereocenters. The van der Waals surface area contributed by atoms with Gasteiger partial charge >= 0.3 is 0 Å². The molecule has 6 heteroatoms. The quantitative estimate of drug-likeness (QED) is 0.286. The molecule has 0 N–H and O–H groups in total. The predicted octanol–water partition coefficient (Wildman–Crippen LogP) is 6.48. The summed E-state index contributed by atoms with van der Waals surface area (Å²) in [5.74, 6) is -0.0161. The molecule has 0 saturated carbocycles. The summed E-state index contributed by atoms with van der Waals surface area (Å²) in [6.07, 6.45) is 5.15. The summed E-state index contributed by atoms with van der Waals surface area (Å²) in [6.45, 7) is 16.9. The van der Waals surface area contributed by atoms with Crippen LogP contribution in [0.25, 0.3) is 22.3 Å². The van der Waals surface area contributed by atoms with Crippen LogP contribution in [-0.4, -0.2) is 33.7 Å². The first-order valence-corrected chi connectivity index (χ1v) is 14.5. The lowest BCUT2D eigenvalue weighted by Gasteiger charge is -2.37. The summed E-state index contributed by atoms with van der Waals surface area (Å²) in [4.78, 5) is 21.4. The Hall–Kier alpha value is -3.25. The lowest BCUT2D eigenvalue weighted by Crippen LogP contribution is -2.30. The summed E-state index contributed by atoms with van der Waals surface area (Å²) in [7, 11) is 0. The molecule has 1 aromatic carbocycles. The number of hydrogen-bond acceptors (Lipinski definition) is 4. The maximum Gasteiger partial charge on any atom is 0.254 e. The van der Waals surface area contributed by atoms with E-state index in [1.54, 1.807) is 6.07 Å². The van der Waals surface area contributed by atoms with Crippen LogP contribution in [0.3, 0.4) is 0 Å². The van der Waals surface area contributed by atoms with Gasteiger partial charge in [-0.05, 0) is 80.7 Å². The second-order valence-electron chi connectivity index (χ2n) is 11.7. The number of pyridine rings is 2. The monoisotopic (exact) mass is 525 g/mol. The van der Waals surface area contributed by atoms with Crippen molar-refractivity contribution in [2.75, 3.05) is 13.2 Å². The third-order valence-electron chi connectivity index (χ3n) is 9.83. The normalized spacial score (nSPS) is 23.4. The number of nitrogens with zero attached hydrogens (tertiary/aromatic N) is 3. The average molecular weight is 526 g/mol. The van der Waals surface area contributed by atoms with Crippen LogP contribution in [0.2, 0.25) is 0 Å². The molecule has 202 valence electrons. The van der Waals surface area contributed by atoms with Gasteiger partial charge in [0.25, 0.3) is 5.56 Å². The summed E-state index contributed by atoms with van der Waals surface area (Å²) in [5.41, 5.74) is 10.8. The van der Waals surface area contributed by atoms with E-state index in [1.165, 1.54) is 11.1 Å². The van der Waals surface area contributed by atoms with Gasteiger partial charge in [-0.1, -0.05) is 25.7 Å². The van der Waals surface area contributed by atoms with Gasteiger partial charge < -0.3 is 14.2 Å². The molecule has 4 heterocycles. The summed E-state index contributed by atoms with van der Waals surface area (Å²) >= 11 is 0. The van der Waals surface area contributed by atoms with Crippen LogP contribution in [0.15, 0.2) is 41.4 Å². The SMILES string of the molecule is C=C1CCc2c(cc3n(c2=O)Cc2c-3nc3cc(F)c(C)c4c3c2C(N2CCC(OCC)C2=C)CC4)C1CC. The number of halogens is 1. The van der Waals surface area contributed by atoms with Crippen LogP contribution in [0.5, 0.6) is 0 Å². The van der Waals surface area contributed by atoms with Gasteiger partial charge in [-0.15, -0.1) is 0 Å². The largest absolute Gasteiger partial charge is 0.372 e. The van der Waals surface area contributed by atoms with Gasteiger partial charge in [0.1, 0.15) is 5.82 Å². The zero-order chi connectivity index (χ0) is 27.2. The van der Waals surface area contributed by atoms with Gasteiger partial charge in [-0.3, -0.25) is 4.79 Å². The number of allylic oxidation sites excluding steroid dienone is 1. The van der Waals surface area contributed by atoms with Gasteiger partial charge in [0.15, 0.2) is 0 Å². The van der Waals surface area contributed by atoms with Gasteiger partial charge in [0.2, 0.25) is 0 Å². The minimum atomic E-state index is -0.209. The van der Waals surface area contributed by atoms with Crippen molar-refractivity contribution >= 4 is 10.9 Å². The van der Waals surface area contributed by atoms with Gasteiger partial charge in [0, 0.05) is 47.3 Å². The Labute approximate surface area is 229 Å². The highest BCUT2D eigenvalue weighted by Gasteiger charge is 2.40. The van der Waals surface area contributed by atoms with E-state index in [0.717, 1.165) is 89.8 Å². The minimum absolute atomic E-state index is 0.0299. The number of fused-ring (bicyclic) bond motifs is 5. The van der Waals surface area contributed by atoms with Crippen LogP contribution >= 0.6 is 0 Å². The maximum atomic E-state index is 15.2. The number of benzene rings is 1. The molecular weight excluding hydrogens is 489 g/mol. The van der Waals surface area contributed by atoms with E-state index in [9.17, 15) is 4.79 Å². The predicted molar refractivity (Wildman–Crippen MR) is 153 cm³/mol. The number of rotatable bonds is 4. The molecule has 4 aliphatic rings. The molecule has 2 aliphatic heterocycles. The van der Waals surface area contributed by atoms with Crippen molar-refractivity contribution in [1.29, 1.82) is 0 Å². The Morgan fingerprint density at radius 3 is 2.69 bits per heavy atom. The Balaban J connectivity index is 1.47. The van der Waals surface area contributed by atoms with Crippen molar-refractivity contribution < 1.29 is 9.13 Å². The molecular formula is C33H36FN3O2. The molecule has 39 heavy (non-hydrogen) atoms. The van der Waals surface area contributed by atoms with Crippen molar-refractivity contribution in [3.05, 3.63) is 86.1 Å². The van der Waals surface area contributed by atoms with Crippen molar-refractivity contribution in [1.82, 2.24) is 14.5 Å². The average Bonchev–Trinajstić information content (AvgIpc) is 3.47. The molecule has 0 bridgehead atoms. The molecule has 1 fully saturated rings. The highest BCUT2D eigenvalue weighted by Crippen LogP contribution is 2.49. The molecule has 7 rings (SSSR count). The van der Waals surface area contributed by atoms with E-state index in [1.807, 2.05) is 18.4 Å². The van der Waals surface area contributed by atoms with E-state index in [4.69, 9.17) is 9.72 Å². The molecule has 2 aromatic heterocycles. The second-order valence-corrected chi connectivity index (χ2v) is 11.7. The highest BCUT2D eigenvalue weighted by molar-refractivity contribution is 5.93. The molecule has 2 aliphatic carbocycles. The Kier molecular flexibility index (Phi) is 5.64. The zero-order valence-electron chi connectivity index (χ0n) is 23.2. The van der Waals surface area contributed by atoms with E-state index < -0.39 is 0 Å². The third-order valence-corrected chi connectivity index (χ3v) is 9.83. The molecule has 3 aromatic rings. The summed E-state index contributed by atoms with van der Waals surface area (Å²) < 4.78 is 23.1. The molecule has 0 spiro atoms. The smallest absolute Gasteiger partial charge is 0.254 e. The van der Waals surface area contributed by atoms with Crippen LogP contribution in [0.1, 0.15) is 84.9 Å². The standard InChI is InChI=1S/C33H36FN3O2/c1-6-20-17(3)8-9-22-23(20)14-28-32-24(16-37(28)33(22)38)31-27(36-13-12-29(19(36)5)39-7-2)11-10-21-18(4)25(34)15-26(35-32)30(21)31/h14-15,20,27,29H,3,5-13,16H2,1-2,4H3. The van der Waals surface area contributed by atoms with E-state index in [-0.39, 0.29) is 29.4 Å². The van der Waals surface area contributed by atoms with Gasteiger partial charge in [-0.2, -0.15) is 0 Å². The third kappa shape index (κ3) is 3.40. The molecule has 1 saturated heterocycles. The topological polar surface area (TPSA) is 47.4 Å². The zero-order valence-corrected chi connectivity index (χ0v) is 23.2. The Bertz CT molecular complexity index is 1650. The van der Waals surface area contributed by atoms with Crippen LogP contribution in [0, 0.1) is 12.7 Å². The van der Waals surface area contributed by atoms with Gasteiger partial charge in [-0.25, -0.2) is 9.37 Å². The molecule has 0 radical (unpaired) electrons. The first-order valence-electron chi connectivity index (χ1n) is 14.5. The molecule has 3 unspecified atom stereocenters. The first-order chi connectivity index (χ1) is 18.8. The van der Waals surface area contributed by atoms with E-state index in [2.05, 4.69) is 31.0 Å². The molecule has 5 nitrogen and oxygen atoms in total. The van der Waals surface area contributed by atoms with E-state index >= 15 is 4.39 Å². The maximum absolute atomic E-state index is 15.2. The van der Waals surface area contributed by atoms with Crippen molar-refractivity contribution in [2.24, 2.45) is 0 Å². The lowest BCUT2D eigenvalue weighted by atomic mass is 9.78.